The molecule has 0 fully saturated rings. The Morgan fingerprint density at radius 3 is 3.18 bits per heavy atom. The molecular weight excluding hydrogens is 252 g/mol. The van der Waals surface area contributed by atoms with Gasteiger partial charge in [0.05, 0.1) is 10.6 Å². The standard InChI is InChI=1S/C12H16N2OS2/c1-2-9(13)7-16-8-10-6-15-12(14-10)11-4-3-5-17-11/h3-6,9H,2,7-8,13H2,1H3. The van der Waals surface area contributed by atoms with Gasteiger partial charge in [-0.3, -0.25) is 0 Å². The van der Waals surface area contributed by atoms with E-state index < -0.39 is 0 Å². The highest BCUT2D eigenvalue weighted by Gasteiger charge is 2.08. The lowest BCUT2D eigenvalue weighted by molar-refractivity contribution is 0.575. The first-order chi connectivity index (χ1) is 8.29. The van der Waals surface area contributed by atoms with Gasteiger partial charge in [-0.25, -0.2) is 4.98 Å². The molecule has 0 aliphatic rings. The van der Waals surface area contributed by atoms with E-state index in [-0.39, 0.29) is 6.04 Å². The molecule has 2 N–H and O–H groups in total. The number of nitrogens with zero attached hydrogens (tertiary/aromatic N) is 1. The summed E-state index contributed by atoms with van der Waals surface area (Å²) in [5, 5.41) is 2.02. The lowest BCUT2D eigenvalue weighted by Crippen LogP contribution is -2.21. The molecular formula is C12H16N2OS2. The molecule has 0 aliphatic carbocycles. The summed E-state index contributed by atoms with van der Waals surface area (Å²) in [6.07, 6.45) is 2.76. The van der Waals surface area contributed by atoms with Crippen LogP contribution in [-0.2, 0) is 5.75 Å². The van der Waals surface area contributed by atoms with Crippen LogP contribution in [0, 0.1) is 0 Å². The summed E-state index contributed by atoms with van der Waals surface area (Å²) >= 11 is 3.44. The minimum absolute atomic E-state index is 0.281. The van der Waals surface area contributed by atoms with Gasteiger partial charge in [0.25, 0.3) is 0 Å². The number of thiophene rings is 1. The van der Waals surface area contributed by atoms with Crippen molar-refractivity contribution in [3.63, 3.8) is 0 Å². The number of thioether (sulfide) groups is 1. The molecule has 2 rings (SSSR count). The minimum atomic E-state index is 0.281. The predicted octanol–water partition coefficient (Wildman–Crippen LogP) is 3.37. The van der Waals surface area contributed by atoms with Gasteiger partial charge in [0, 0.05) is 17.5 Å². The van der Waals surface area contributed by atoms with Gasteiger partial charge in [0.1, 0.15) is 6.26 Å². The first-order valence-electron chi connectivity index (χ1n) is 5.61. The van der Waals surface area contributed by atoms with Crippen molar-refractivity contribution < 1.29 is 4.42 Å². The third-order valence-corrected chi connectivity index (χ3v) is 4.41. The van der Waals surface area contributed by atoms with E-state index in [1.54, 1.807) is 29.4 Å². The lowest BCUT2D eigenvalue weighted by Gasteiger charge is -2.05. The molecule has 0 bridgehead atoms. The molecule has 3 nitrogen and oxygen atoms in total. The van der Waals surface area contributed by atoms with Gasteiger partial charge < -0.3 is 10.2 Å². The van der Waals surface area contributed by atoms with Crippen LogP contribution in [-0.4, -0.2) is 16.8 Å². The predicted molar refractivity (Wildman–Crippen MR) is 74.2 cm³/mol. The maximum absolute atomic E-state index is 5.86. The molecule has 2 aromatic heterocycles. The second-order valence-corrected chi connectivity index (χ2v) is 5.78. The number of oxazole rings is 1. The van der Waals surface area contributed by atoms with Crippen molar-refractivity contribution in [1.82, 2.24) is 4.98 Å². The van der Waals surface area contributed by atoms with Gasteiger partial charge >= 0.3 is 0 Å². The van der Waals surface area contributed by atoms with Gasteiger partial charge in [0.15, 0.2) is 0 Å². The summed E-state index contributed by atoms with van der Waals surface area (Å²) < 4.78 is 5.45. The molecule has 2 aromatic rings. The van der Waals surface area contributed by atoms with Crippen LogP contribution in [0.5, 0.6) is 0 Å². The van der Waals surface area contributed by atoms with Crippen LogP contribution in [0.4, 0.5) is 0 Å². The zero-order chi connectivity index (χ0) is 12.1. The second-order valence-electron chi connectivity index (χ2n) is 3.80. The fourth-order valence-electron chi connectivity index (χ4n) is 1.32. The molecule has 92 valence electrons. The molecule has 0 saturated carbocycles. The van der Waals surface area contributed by atoms with Gasteiger partial charge in [0.2, 0.25) is 5.89 Å². The van der Waals surface area contributed by atoms with E-state index in [0.29, 0.717) is 0 Å². The molecule has 0 radical (unpaired) electrons. The smallest absolute Gasteiger partial charge is 0.236 e. The van der Waals surface area contributed by atoms with E-state index in [4.69, 9.17) is 10.2 Å². The summed E-state index contributed by atoms with van der Waals surface area (Å²) in [6.45, 7) is 2.11. The molecule has 1 unspecified atom stereocenters. The number of rotatable bonds is 6. The van der Waals surface area contributed by atoms with E-state index in [0.717, 1.165) is 34.4 Å². The molecule has 2 heterocycles. The van der Waals surface area contributed by atoms with Crippen molar-refractivity contribution in [3.8, 4) is 10.8 Å². The fourth-order valence-corrected chi connectivity index (χ4v) is 2.97. The average Bonchev–Trinajstić information content (AvgIpc) is 2.98. The highest BCUT2D eigenvalue weighted by molar-refractivity contribution is 7.98. The highest BCUT2D eigenvalue weighted by atomic mass is 32.2. The third-order valence-electron chi connectivity index (χ3n) is 2.39. The topological polar surface area (TPSA) is 52.0 Å². The minimum Gasteiger partial charge on any atom is -0.444 e. The Labute approximate surface area is 109 Å². The van der Waals surface area contributed by atoms with Crippen LogP contribution < -0.4 is 5.73 Å². The Bertz CT molecular complexity index is 439. The maximum atomic E-state index is 5.86. The van der Waals surface area contributed by atoms with Crippen molar-refractivity contribution in [2.24, 2.45) is 5.73 Å². The van der Waals surface area contributed by atoms with E-state index in [1.165, 1.54) is 0 Å². The van der Waals surface area contributed by atoms with Crippen LogP contribution in [0.3, 0.4) is 0 Å². The number of hydrogen-bond acceptors (Lipinski definition) is 5. The van der Waals surface area contributed by atoms with E-state index in [1.807, 2.05) is 17.5 Å². The summed E-state index contributed by atoms with van der Waals surface area (Å²) in [7, 11) is 0. The van der Waals surface area contributed by atoms with Gasteiger partial charge in [-0.05, 0) is 17.9 Å². The molecule has 0 spiro atoms. The van der Waals surface area contributed by atoms with Crippen LogP contribution in [0.2, 0.25) is 0 Å². The zero-order valence-corrected chi connectivity index (χ0v) is 11.4. The van der Waals surface area contributed by atoms with Crippen molar-refractivity contribution in [1.29, 1.82) is 0 Å². The average molecular weight is 268 g/mol. The Morgan fingerprint density at radius 2 is 2.47 bits per heavy atom. The van der Waals surface area contributed by atoms with Crippen molar-refractivity contribution in [2.75, 3.05) is 5.75 Å². The van der Waals surface area contributed by atoms with Gasteiger partial charge in [-0.1, -0.05) is 13.0 Å². The Hall–Kier alpha value is -0.780. The summed E-state index contributed by atoms with van der Waals surface area (Å²) in [6, 6.07) is 4.29. The fraction of sp³-hybridized carbons (Fsp3) is 0.417. The lowest BCUT2D eigenvalue weighted by atomic mass is 10.3. The van der Waals surface area contributed by atoms with E-state index >= 15 is 0 Å². The third kappa shape index (κ3) is 3.59. The summed E-state index contributed by atoms with van der Waals surface area (Å²) in [5.74, 6) is 2.55. The highest BCUT2D eigenvalue weighted by Crippen LogP contribution is 2.24. The Balaban J connectivity index is 1.87. The van der Waals surface area contributed by atoms with Crippen molar-refractivity contribution in [2.45, 2.75) is 25.1 Å². The maximum Gasteiger partial charge on any atom is 0.236 e. The number of aromatic nitrogens is 1. The van der Waals surface area contributed by atoms with Crippen molar-refractivity contribution >= 4 is 23.1 Å². The van der Waals surface area contributed by atoms with Gasteiger partial charge in [-0.15, -0.1) is 11.3 Å². The quantitative estimate of drug-likeness (QED) is 0.872. The zero-order valence-electron chi connectivity index (χ0n) is 9.76. The first-order valence-corrected chi connectivity index (χ1v) is 7.64. The molecule has 5 heteroatoms. The SMILES string of the molecule is CCC(N)CSCc1coc(-c2cccs2)n1. The van der Waals surface area contributed by atoms with Gasteiger partial charge in [-0.2, -0.15) is 11.8 Å². The second kappa shape index (κ2) is 6.23. The summed E-state index contributed by atoms with van der Waals surface area (Å²) in [4.78, 5) is 5.53. The Kier molecular flexibility index (Phi) is 4.65. The Morgan fingerprint density at radius 1 is 1.59 bits per heavy atom. The molecule has 1 atom stereocenters. The monoisotopic (exact) mass is 268 g/mol. The molecule has 0 aliphatic heterocycles. The molecule has 17 heavy (non-hydrogen) atoms. The largest absolute Gasteiger partial charge is 0.444 e. The van der Waals surface area contributed by atoms with Crippen LogP contribution in [0.15, 0.2) is 28.2 Å². The first kappa shape index (κ1) is 12.7. The normalized spacial score (nSPS) is 12.8. The number of hydrogen-bond donors (Lipinski definition) is 1. The van der Waals surface area contributed by atoms with E-state index in [2.05, 4.69) is 11.9 Å². The molecule has 0 aromatic carbocycles. The molecule has 0 amide bonds. The van der Waals surface area contributed by atoms with Crippen LogP contribution in [0.1, 0.15) is 19.0 Å². The molecule has 0 saturated heterocycles. The van der Waals surface area contributed by atoms with Crippen molar-refractivity contribution in [3.05, 3.63) is 29.5 Å². The number of nitrogens with two attached hydrogens (primary N) is 1. The van der Waals surface area contributed by atoms with Crippen LogP contribution in [0.25, 0.3) is 10.8 Å². The van der Waals surface area contributed by atoms with Crippen LogP contribution >= 0.6 is 23.1 Å². The van der Waals surface area contributed by atoms with E-state index in [9.17, 15) is 0 Å². The summed E-state index contributed by atoms with van der Waals surface area (Å²) in [5.41, 5.74) is 6.84.